The molecule has 2 amide bonds. The number of nitrogens with zero attached hydrogens (tertiary/aromatic N) is 2. The standard InChI is InChI=1S/C18H18F2N4O2.C2H6.H3N/c1-10-6-12(4-5-13(10)18(26)21-8-15(19)20)14-7-16(23-9-22-14)24-17(25)11-2-3-11;1-2;/h4-7,9,11,15H,2-3,8H2,1H3,(H,21,26)(H,22,23,24,25);1-2H3;1H3. The van der Waals surface area contributed by atoms with Crippen LogP contribution in [-0.4, -0.2) is 34.8 Å². The zero-order valence-corrected chi connectivity index (χ0v) is 16.8. The van der Waals surface area contributed by atoms with Crippen LogP contribution in [0.3, 0.4) is 0 Å². The second-order valence-corrected chi connectivity index (χ2v) is 6.18. The highest BCUT2D eigenvalue weighted by molar-refractivity contribution is 5.96. The summed E-state index contributed by atoms with van der Waals surface area (Å²) in [6.45, 7) is 5.04. The van der Waals surface area contributed by atoms with Crippen molar-refractivity contribution in [2.75, 3.05) is 11.9 Å². The van der Waals surface area contributed by atoms with Gasteiger partial charge in [-0.15, -0.1) is 0 Å². The molecule has 0 aliphatic heterocycles. The molecule has 0 radical (unpaired) electrons. The molecule has 9 heteroatoms. The summed E-state index contributed by atoms with van der Waals surface area (Å²) in [7, 11) is 0. The Labute approximate surface area is 168 Å². The van der Waals surface area contributed by atoms with Gasteiger partial charge in [-0.25, -0.2) is 18.7 Å². The third-order valence-corrected chi connectivity index (χ3v) is 4.05. The average Bonchev–Trinajstić information content (AvgIpc) is 3.53. The van der Waals surface area contributed by atoms with Crippen molar-refractivity contribution < 1.29 is 18.4 Å². The highest BCUT2D eigenvalue weighted by atomic mass is 19.3. The van der Waals surface area contributed by atoms with E-state index in [-0.39, 0.29) is 18.0 Å². The maximum atomic E-state index is 12.2. The van der Waals surface area contributed by atoms with Crippen molar-refractivity contribution in [2.24, 2.45) is 5.92 Å². The molecule has 158 valence electrons. The molecule has 29 heavy (non-hydrogen) atoms. The Balaban J connectivity index is 0.00000136. The molecule has 1 heterocycles. The maximum Gasteiger partial charge on any atom is 0.255 e. The first-order valence-corrected chi connectivity index (χ1v) is 9.24. The van der Waals surface area contributed by atoms with Gasteiger partial charge in [0, 0.05) is 23.1 Å². The summed E-state index contributed by atoms with van der Waals surface area (Å²) in [5.41, 5.74) is 2.29. The van der Waals surface area contributed by atoms with Crippen molar-refractivity contribution in [2.45, 2.75) is 40.0 Å². The van der Waals surface area contributed by atoms with E-state index < -0.39 is 18.9 Å². The average molecular weight is 407 g/mol. The Kier molecular flexibility index (Phi) is 9.27. The highest BCUT2D eigenvalue weighted by Gasteiger charge is 2.29. The summed E-state index contributed by atoms with van der Waals surface area (Å²) in [5, 5.41) is 4.94. The number of hydrogen-bond donors (Lipinski definition) is 3. The van der Waals surface area contributed by atoms with Gasteiger partial charge in [0.05, 0.1) is 12.2 Å². The van der Waals surface area contributed by atoms with E-state index in [2.05, 4.69) is 20.6 Å². The Hall–Kier alpha value is -2.94. The molecule has 2 aromatic rings. The predicted octanol–water partition coefficient (Wildman–Crippen LogP) is 3.98. The van der Waals surface area contributed by atoms with Gasteiger partial charge in [-0.3, -0.25) is 9.59 Å². The molecule has 1 aliphatic rings. The van der Waals surface area contributed by atoms with Gasteiger partial charge in [-0.2, -0.15) is 0 Å². The molecule has 1 aromatic heterocycles. The Bertz CT molecular complexity index is 841. The van der Waals surface area contributed by atoms with Crippen LogP contribution in [0.4, 0.5) is 14.6 Å². The minimum atomic E-state index is -2.59. The Morgan fingerprint density at radius 3 is 2.45 bits per heavy atom. The number of benzene rings is 1. The van der Waals surface area contributed by atoms with Crippen LogP contribution >= 0.6 is 0 Å². The highest BCUT2D eigenvalue weighted by Crippen LogP contribution is 2.30. The largest absolute Gasteiger partial charge is 0.346 e. The lowest BCUT2D eigenvalue weighted by atomic mass is 10.0. The number of amides is 2. The quantitative estimate of drug-likeness (QED) is 0.669. The number of halogens is 2. The summed E-state index contributed by atoms with van der Waals surface area (Å²) in [5.74, 6) is -0.101. The fourth-order valence-corrected chi connectivity index (χ4v) is 2.50. The predicted molar refractivity (Wildman–Crippen MR) is 108 cm³/mol. The van der Waals surface area contributed by atoms with Gasteiger partial charge in [-0.05, 0) is 37.5 Å². The molecule has 1 fully saturated rings. The minimum Gasteiger partial charge on any atom is -0.346 e. The smallest absolute Gasteiger partial charge is 0.255 e. The number of anilines is 1. The van der Waals surface area contributed by atoms with Crippen LogP contribution in [0, 0.1) is 12.8 Å². The van der Waals surface area contributed by atoms with Crippen LogP contribution in [0.2, 0.25) is 0 Å². The molecule has 0 bridgehead atoms. The summed E-state index contributed by atoms with van der Waals surface area (Å²) in [6.07, 6.45) is 0.566. The van der Waals surface area contributed by atoms with Crippen molar-refractivity contribution in [3.05, 3.63) is 41.7 Å². The topological polar surface area (TPSA) is 119 Å². The third-order valence-electron chi connectivity index (χ3n) is 4.05. The fraction of sp³-hybridized carbons (Fsp3) is 0.400. The van der Waals surface area contributed by atoms with E-state index in [1.165, 1.54) is 6.33 Å². The van der Waals surface area contributed by atoms with Gasteiger partial charge in [0.2, 0.25) is 5.91 Å². The first-order chi connectivity index (χ1) is 13.4. The SMILES string of the molecule is CC.Cc1cc(-c2cc(NC(=O)C3CC3)ncn2)ccc1C(=O)NCC(F)F.N. The second-order valence-electron chi connectivity index (χ2n) is 6.18. The van der Waals surface area contributed by atoms with Gasteiger partial charge < -0.3 is 16.8 Å². The first kappa shape index (κ1) is 24.1. The molecule has 1 saturated carbocycles. The van der Waals surface area contributed by atoms with E-state index in [0.717, 1.165) is 18.4 Å². The Morgan fingerprint density at radius 1 is 1.17 bits per heavy atom. The number of aryl methyl sites for hydroxylation is 1. The third kappa shape index (κ3) is 6.86. The summed E-state index contributed by atoms with van der Waals surface area (Å²) >= 11 is 0. The Morgan fingerprint density at radius 2 is 1.86 bits per heavy atom. The van der Waals surface area contributed by atoms with Crippen LogP contribution in [0.1, 0.15) is 42.6 Å². The van der Waals surface area contributed by atoms with E-state index in [9.17, 15) is 18.4 Å². The van der Waals surface area contributed by atoms with Gasteiger partial charge >= 0.3 is 0 Å². The number of rotatable bonds is 6. The van der Waals surface area contributed by atoms with E-state index in [1.807, 2.05) is 13.8 Å². The van der Waals surface area contributed by atoms with Crippen molar-refractivity contribution in [3.8, 4) is 11.3 Å². The van der Waals surface area contributed by atoms with Crippen LogP contribution in [-0.2, 0) is 4.79 Å². The second kappa shape index (κ2) is 11.2. The molecule has 5 N–H and O–H groups in total. The van der Waals surface area contributed by atoms with E-state index in [4.69, 9.17) is 0 Å². The van der Waals surface area contributed by atoms with Crippen LogP contribution in [0.5, 0.6) is 0 Å². The van der Waals surface area contributed by atoms with Crippen molar-refractivity contribution >= 4 is 17.6 Å². The molecule has 0 unspecified atom stereocenters. The zero-order chi connectivity index (χ0) is 20.7. The monoisotopic (exact) mass is 407 g/mol. The molecule has 3 rings (SSSR count). The normalized spacial score (nSPS) is 12.3. The number of carbonyl (C=O) groups excluding carboxylic acids is 2. The molecule has 7 nitrogen and oxygen atoms in total. The molecule has 1 aliphatic carbocycles. The van der Waals surface area contributed by atoms with E-state index in [1.54, 1.807) is 31.2 Å². The molecule has 0 atom stereocenters. The number of nitrogens with one attached hydrogen (secondary N) is 2. The zero-order valence-electron chi connectivity index (χ0n) is 16.8. The van der Waals surface area contributed by atoms with Gasteiger partial charge in [0.25, 0.3) is 12.3 Å². The molecular weight excluding hydrogens is 380 g/mol. The first-order valence-electron chi connectivity index (χ1n) is 9.24. The van der Waals surface area contributed by atoms with Crippen LogP contribution in [0.25, 0.3) is 11.3 Å². The van der Waals surface area contributed by atoms with E-state index >= 15 is 0 Å². The van der Waals surface area contributed by atoms with Crippen LogP contribution in [0.15, 0.2) is 30.6 Å². The molecule has 1 aromatic carbocycles. The molecular formula is C20H27F2N5O2. The lowest BCUT2D eigenvalue weighted by molar-refractivity contribution is -0.117. The van der Waals surface area contributed by atoms with Gasteiger partial charge in [-0.1, -0.05) is 19.9 Å². The lowest BCUT2D eigenvalue weighted by Crippen LogP contribution is -2.28. The van der Waals surface area contributed by atoms with Crippen molar-refractivity contribution in [3.63, 3.8) is 0 Å². The minimum absolute atomic E-state index is 0. The summed E-state index contributed by atoms with van der Waals surface area (Å²) in [6, 6.07) is 6.65. The molecule has 0 saturated heterocycles. The maximum absolute atomic E-state index is 12.2. The summed E-state index contributed by atoms with van der Waals surface area (Å²) < 4.78 is 24.4. The van der Waals surface area contributed by atoms with Crippen molar-refractivity contribution in [1.82, 2.24) is 21.4 Å². The fourth-order valence-electron chi connectivity index (χ4n) is 2.50. The van der Waals surface area contributed by atoms with Gasteiger partial charge in [0.15, 0.2) is 0 Å². The lowest BCUT2D eigenvalue weighted by Gasteiger charge is -2.10. The van der Waals surface area contributed by atoms with Crippen LogP contribution < -0.4 is 16.8 Å². The van der Waals surface area contributed by atoms with Crippen molar-refractivity contribution in [1.29, 1.82) is 0 Å². The number of alkyl halides is 2. The number of aromatic nitrogens is 2. The van der Waals surface area contributed by atoms with E-state index in [0.29, 0.717) is 22.6 Å². The van der Waals surface area contributed by atoms with Gasteiger partial charge in [0.1, 0.15) is 12.1 Å². The number of carbonyl (C=O) groups is 2. The molecule has 0 spiro atoms. The number of hydrogen-bond acceptors (Lipinski definition) is 5. The summed E-state index contributed by atoms with van der Waals surface area (Å²) in [4.78, 5) is 32.0.